The Labute approximate surface area is 107 Å². The Balaban J connectivity index is 1.91. The summed E-state index contributed by atoms with van der Waals surface area (Å²) in [7, 11) is 0. The Kier molecular flexibility index (Phi) is 2.58. The molecule has 0 aliphatic carbocycles. The van der Waals surface area contributed by atoms with Crippen molar-refractivity contribution in [2.24, 2.45) is 0 Å². The van der Waals surface area contributed by atoms with Gasteiger partial charge in [0.25, 0.3) is 0 Å². The first-order valence-electron chi connectivity index (χ1n) is 6.23. The normalized spacial score (nSPS) is 13.8. The lowest BCUT2D eigenvalue weighted by Gasteiger charge is -2.17. The summed E-state index contributed by atoms with van der Waals surface area (Å²) in [6, 6.07) is 11.3. The van der Waals surface area contributed by atoms with Gasteiger partial charge in [-0.15, -0.1) is 0 Å². The van der Waals surface area contributed by atoms with Crippen LogP contribution in [0.3, 0.4) is 0 Å². The van der Waals surface area contributed by atoms with Crippen molar-refractivity contribution in [3.63, 3.8) is 0 Å². The molecular formula is C16H16FN. The molecule has 1 heterocycles. The fourth-order valence-electron chi connectivity index (χ4n) is 2.53. The molecule has 2 aromatic carbocycles. The van der Waals surface area contributed by atoms with E-state index in [1.165, 1.54) is 34.4 Å². The molecule has 3 rings (SSSR count). The number of nitrogens with zero attached hydrogens (tertiary/aromatic N) is 1. The molecule has 2 aromatic rings. The first-order chi connectivity index (χ1) is 8.63. The summed E-state index contributed by atoms with van der Waals surface area (Å²) in [5.74, 6) is -0.179. The highest BCUT2D eigenvalue weighted by atomic mass is 19.1. The van der Waals surface area contributed by atoms with Gasteiger partial charge in [0.2, 0.25) is 0 Å². The third-order valence-corrected chi connectivity index (χ3v) is 3.73. The molecule has 0 atom stereocenters. The lowest BCUT2D eigenvalue weighted by atomic mass is 10.0. The van der Waals surface area contributed by atoms with Crippen molar-refractivity contribution < 1.29 is 4.39 Å². The van der Waals surface area contributed by atoms with Crippen molar-refractivity contribution in [1.82, 2.24) is 0 Å². The van der Waals surface area contributed by atoms with E-state index in [0.717, 1.165) is 18.8 Å². The molecule has 0 saturated carbocycles. The Hall–Kier alpha value is -1.83. The second-order valence-corrected chi connectivity index (χ2v) is 5.04. The van der Waals surface area contributed by atoms with Gasteiger partial charge in [-0.1, -0.05) is 12.1 Å². The molecule has 1 nitrogen and oxygen atoms in total. The van der Waals surface area contributed by atoms with Gasteiger partial charge in [-0.25, -0.2) is 4.39 Å². The van der Waals surface area contributed by atoms with Crippen molar-refractivity contribution >= 4 is 5.69 Å². The van der Waals surface area contributed by atoms with E-state index in [9.17, 15) is 4.39 Å². The van der Waals surface area contributed by atoms with Gasteiger partial charge in [-0.3, -0.25) is 0 Å². The van der Waals surface area contributed by atoms with E-state index < -0.39 is 0 Å². The number of benzene rings is 2. The standard InChI is InChI=1S/C16H16FN/c1-11-7-13-9-18(10-14(13)8-12(11)2)16-5-3-15(17)4-6-16/h3-8H,9-10H2,1-2H3. The quantitative estimate of drug-likeness (QED) is 0.730. The fraction of sp³-hybridized carbons (Fsp3) is 0.250. The zero-order valence-electron chi connectivity index (χ0n) is 10.7. The van der Waals surface area contributed by atoms with Crippen molar-refractivity contribution in [1.29, 1.82) is 0 Å². The van der Waals surface area contributed by atoms with Crippen LogP contribution < -0.4 is 4.90 Å². The largest absolute Gasteiger partial charge is 0.363 e. The molecule has 2 heteroatoms. The zero-order chi connectivity index (χ0) is 12.7. The van der Waals surface area contributed by atoms with Crippen molar-refractivity contribution in [2.75, 3.05) is 4.90 Å². The fourth-order valence-corrected chi connectivity index (χ4v) is 2.53. The van der Waals surface area contributed by atoms with Crippen LogP contribution >= 0.6 is 0 Å². The van der Waals surface area contributed by atoms with Crippen LogP contribution in [-0.4, -0.2) is 0 Å². The van der Waals surface area contributed by atoms with Crippen molar-refractivity contribution in [2.45, 2.75) is 26.9 Å². The first kappa shape index (κ1) is 11.3. The lowest BCUT2D eigenvalue weighted by molar-refractivity contribution is 0.627. The number of hydrogen-bond acceptors (Lipinski definition) is 1. The SMILES string of the molecule is Cc1cc2c(cc1C)CN(c1ccc(F)cc1)C2. The van der Waals surface area contributed by atoms with Crippen molar-refractivity contribution in [3.8, 4) is 0 Å². The molecule has 0 fully saturated rings. The van der Waals surface area contributed by atoms with Crippen LogP contribution in [0.1, 0.15) is 22.3 Å². The predicted molar refractivity (Wildman–Crippen MR) is 72.2 cm³/mol. The van der Waals surface area contributed by atoms with E-state index in [4.69, 9.17) is 0 Å². The van der Waals surface area contributed by atoms with Gasteiger partial charge in [0.15, 0.2) is 0 Å². The molecule has 92 valence electrons. The summed E-state index contributed by atoms with van der Waals surface area (Å²) in [4.78, 5) is 2.28. The smallest absolute Gasteiger partial charge is 0.123 e. The molecular weight excluding hydrogens is 225 g/mol. The van der Waals surface area contributed by atoms with Crippen LogP contribution in [0.5, 0.6) is 0 Å². The van der Waals surface area contributed by atoms with Gasteiger partial charge in [-0.05, 0) is 60.4 Å². The summed E-state index contributed by atoms with van der Waals surface area (Å²) in [6.45, 7) is 6.14. The Bertz CT molecular complexity index is 556. The monoisotopic (exact) mass is 241 g/mol. The molecule has 0 unspecified atom stereocenters. The van der Waals surface area contributed by atoms with E-state index in [-0.39, 0.29) is 5.82 Å². The van der Waals surface area contributed by atoms with Crippen LogP contribution in [0.4, 0.5) is 10.1 Å². The maximum Gasteiger partial charge on any atom is 0.123 e. The van der Waals surface area contributed by atoms with E-state index in [0.29, 0.717) is 0 Å². The van der Waals surface area contributed by atoms with E-state index in [1.54, 1.807) is 0 Å². The van der Waals surface area contributed by atoms with Gasteiger partial charge in [0.05, 0.1) is 0 Å². The number of anilines is 1. The van der Waals surface area contributed by atoms with Crippen LogP contribution in [0.25, 0.3) is 0 Å². The summed E-state index contributed by atoms with van der Waals surface area (Å²) in [6.07, 6.45) is 0. The lowest BCUT2D eigenvalue weighted by Crippen LogP contribution is -2.14. The zero-order valence-corrected chi connectivity index (χ0v) is 10.7. The molecule has 0 radical (unpaired) electrons. The Morgan fingerprint density at radius 3 is 1.89 bits per heavy atom. The molecule has 0 spiro atoms. The first-order valence-corrected chi connectivity index (χ1v) is 6.23. The highest BCUT2D eigenvalue weighted by Crippen LogP contribution is 2.30. The number of fused-ring (bicyclic) bond motifs is 1. The minimum atomic E-state index is -0.179. The van der Waals surface area contributed by atoms with E-state index >= 15 is 0 Å². The number of rotatable bonds is 1. The highest BCUT2D eigenvalue weighted by molar-refractivity contribution is 5.53. The number of halogens is 1. The van der Waals surface area contributed by atoms with Gasteiger partial charge < -0.3 is 4.90 Å². The predicted octanol–water partition coefficient (Wildman–Crippen LogP) is 3.96. The van der Waals surface area contributed by atoms with Gasteiger partial charge in [-0.2, -0.15) is 0 Å². The van der Waals surface area contributed by atoms with Crippen LogP contribution in [0, 0.1) is 19.7 Å². The van der Waals surface area contributed by atoms with E-state index in [1.807, 2.05) is 12.1 Å². The van der Waals surface area contributed by atoms with Gasteiger partial charge in [0.1, 0.15) is 5.82 Å². The van der Waals surface area contributed by atoms with Crippen LogP contribution in [0.2, 0.25) is 0 Å². The summed E-state index contributed by atoms with van der Waals surface area (Å²) < 4.78 is 12.9. The molecule has 18 heavy (non-hydrogen) atoms. The summed E-state index contributed by atoms with van der Waals surface area (Å²) in [5, 5.41) is 0. The molecule has 0 bridgehead atoms. The molecule has 0 aromatic heterocycles. The minimum Gasteiger partial charge on any atom is -0.363 e. The average molecular weight is 241 g/mol. The highest BCUT2D eigenvalue weighted by Gasteiger charge is 2.19. The molecule has 0 N–H and O–H groups in total. The molecule has 0 saturated heterocycles. The van der Waals surface area contributed by atoms with E-state index in [2.05, 4.69) is 30.9 Å². The topological polar surface area (TPSA) is 3.24 Å². The second kappa shape index (κ2) is 4.13. The third kappa shape index (κ3) is 1.88. The van der Waals surface area contributed by atoms with Crippen LogP contribution in [0.15, 0.2) is 36.4 Å². The number of aryl methyl sites for hydroxylation is 2. The second-order valence-electron chi connectivity index (χ2n) is 5.04. The van der Waals surface area contributed by atoms with Gasteiger partial charge >= 0.3 is 0 Å². The maximum absolute atomic E-state index is 12.9. The number of hydrogen-bond donors (Lipinski definition) is 0. The molecule has 0 amide bonds. The molecule has 1 aliphatic heterocycles. The summed E-state index contributed by atoms with van der Waals surface area (Å²) in [5.41, 5.74) is 6.55. The van der Waals surface area contributed by atoms with Crippen LogP contribution in [-0.2, 0) is 13.1 Å². The molecule has 1 aliphatic rings. The minimum absolute atomic E-state index is 0.179. The average Bonchev–Trinajstić information content (AvgIpc) is 2.73. The van der Waals surface area contributed by atoms with Crippen molar-refractivity contribution in [3.05, 3.63) is 64.5 Å². The maximum atomic E-state index is 12.9. The third-order valence-electron chi connectivity index (χ3n) is 3.73. The van der Waals surface area contributed by atoms with Gasteiger partial charge in [0, 0.05) is 18.8 Å². The summed E-state index contributed by atoms with van der Waals surface area (Å²) >= 11 is 0. The Morgan fingerprint density at radius 1 is 0.889 bits per heavy atom. The Morgan fingerprint density at radius 2 is 1.39 bits per heavy atom.